The molecule has 0 aliphatic heterocycles. The fraction of sp³-hybridized carbons (Fsp3) is 0.294. The lowest BCUT2D eigenvalue weighted by molar-refractivity contribution is 0.0955. The van der Waals surface area contributed by atoms with E-state index in [0.29, 0.717) is 27.6 Å². The predicted octanol–water partition coefficient (Wildman–Crippen LogP) is 3.15. The standard InChI is InChI=1S/C17H19N5O3S2/c1-3-22-12(20-21-17(22)26)6-7-18-16(24)14-10(2)9-13(27-14)19-15(23)11-5-4-8-25-11/h4-5,8-9H,3,6-7H2,1-2H3,(H,18,24)(H,19,23)(H,21,26). The van der Waals surface area contributed by atoms with Crippen LogP contribution in [0, 0.1) is 11.7 Å². The number of carbonyl (C=O) groups is 2. The molecule has 3 rings (SSSR count). The maximum Gasteiger partial charge on any atom is 0.291 e. The number of anilines is 1. The van der Waals surface area contributed by atoms with Crippen LogP contribution in [-0.4, -0.2) is 33.1 Å². The molecule has 0 aromatic carbocycles. The van der Waals surface area contributed by atoms with Crippen LogP contribution in [0.4, 0.5) is 5.00 Å². The van der Waals surface area contributed by atoms with Gasteiger partial charge in [-0.25, -0.2) is 0 Å². The third kappa shape index (κ3) is 4.34. The van der Waals surface area contributed by atoms with Crippen LogP contribution in [0.1, 0.15) is 38.5 Å². The summed E-state index contributed by atoms with van der Waals surface area (Å²) in [5.74, 6) is 0.484. The number of carbonyl (C=O) groups excluding carboxylic acids is 2. The van der Waals surface area contributed by atoms with Gasteiger partial charge in [0.05, 0.1) is 16.1 Å². The van der Waals surface area contributed by atoms with Crippen LogP contribution in [0.15, 0.2) is 28.9 Å². The summed E-state index contributed by atoms with van der Waals surface area (Å²) in [4.78, 5) is 25.0. The van der Waals surface area contributed by atoms with E-state index in [4.69, 9.17) is 16.6 Å². The van der Waals surface area contributed by atoms with E-state index in [-0.39, 0.29) is 17.6 Å². The normalized spacial score (nSPS) is 10.7. The Labute approximate surface area is 164 Å². The molecule has 0 saturated carbocycles. The van der Waals surface area contributed by atoms with Crippen molar-refractivity contribution in [2.45, 2.75) is 26.8 Å². The summed E-state index contributed by atoms with van der Waals surface area (Å²) in [6.45, 7) is 4.97. The quantitative estimate of drug-likeness (QED) is 0.524. The third-order valence-electron chi connectivity index (χ3n) is 3.89. The summed E-state index contributed by atoms with van der Waals surface area (Å²) in [5.41, 5.74) is 0.795. The van der Waals surface area contributed by atoms with Crippen LogP contribution in [0.2, 0.25) is 0 Å². The van der Waals surface area contributed by atoms with E-state index in [1.54, 1.807) is 18.2 Å². The summed E-state index contributed by atoms with van der Waals surface area (Å²) in [7, 11) is 0. The molecule has 3 aromatic rings. The van der Waals surface area contributed by atoms with E-state index in [0.717, 1.165) is 17.9 Å². The van der Waals surface area contributed by atoms with E-state index in [1.165, 1.54) is 17.6 Å². The number of nitrogens with zero attached hydrogens (tertiary/aromatic N) is 2. The fourth-order valence-electron chi connectivity index (χ4n) is 2.59. The van der Waals surface area contributed by atoms with Crippen molar-refractivity contribution in [1.29, 1.82) is 0 Å². The Morgan fingerprint density at radius 2 is 2.22 bits per heavy atom. The number of H-pyrrole nitrogens is 1. The second-order valence-corrected chi connectivity index (χ2v) is 7.19. The molecule has 0 unspecified atom stereocenters. The zero-order chi connectivity index (χ0) is 19.4. The van der Waals surface area contributed by atoms with Crippen molar-refractivity contribution in [1.82, 2.24) is 20.1 Å². The van der Waals surface area contributed by atoms with E-state index in [1.807, 2.05) is 18.4 Å². The lowest BCUT2D eigenvalue weighted by Crippen LogP contribution is -2.26. The number of hydrogen-bond donors (Lipinski definition) is 3. The van der Waals surface area contributed by atoms with Gasteiger partial charge in [0.25, 0.3) is 11.8 Å². The van der Waals surface area contributed by atoms with Gasteiger partial charge in [-0.05, 0) is 49.8 Å². The zero-order valence-electron chi connectivity index (χ0n) is 14.9. The molecule has 2 amide bonds. The van der Waals surface area contributed by atoms with Crippen LogP contribution in [0.25, 0.3) is 0 Å². The van der Waals surface area contributed by atoms with Crippen molar-refractivity contribution in [3.63, 3.8) is 0 Å². The summed E-state index contributed by atoms with van der Waals surface area (Å²) >= 11 is 6.37. The summed E-state index contributed by atoms with van der Waals surface area (Å²) in [6.07, 6.45) is 2.00. The monoisotopic (exact) mass is 405 g/mol. The Hall–Kier alpha value is -2.72. The summed E-state index contributed by atoms with van der Waals surface area (Å²) in [6, 6.07) is 4.99. The largest absolute Gasteiger partial charge is 0.459 e. The molecule has 142 valence electrons. The van der Waals surface area contributed by atoms with Gasteiger partial charge in [-0.1, -0.05) is 0 Å². The van der Waals surface area contributed by atoms with Gasteiger partial charge in [0.2, 0.25) is 0 Å². The van der Waals surface area contributed by atoms with Gasteiger partial charge in [-0.2, -0.15) is 5.10 Å². The van der Waals surface area contributed by atoms with Gasteiger partial charge in [0.1, 0.15) is 5.82 Å². The number of aromatic nitrogens is 3. The maximum atomic E-state index is 12.5. The van der Waals surface area contributed by atoms with Crippen molar-refractivity contribution < 1.29 is 14.0 Å². The molecule has 0 bridgehead atoms. The molecule has 0 aliphatic rings. The number of nitrogens with one attached hydrogen (secondary N) is 3. The molecule has 3 aromatic heterocycles. The molecular weight excluding hydrogens is 386 g/mol. The highest BCUT2D eigenvalue weighted by atomic mass is 32.1. The number of rotatable bonds is 7. The van der Waals surface area contributed by atoms with Crippen molar-refractivity contribution in [2.24, 2.45) is 0 Å². The molecule has 0 aliphatic carbocycles. The molecule has 10 heteroatoms. The first-order valence-electron chi connectivity index (χ1n) is 8.37. The third-order valence-corrected chi connectivity index (χ3v) is 5.36. The second kappa shape index (κ2) is 8.31. The first kappa shape index (κ1) is 19.1. The average Bonchev–Trinajstić information content (AvgIpc) is 3.35. The molecular formula is C17H19N5O3S2. The van der Waals surface area contributed by atoms with Gasteiger partial charge in [0, 0.05) is 19.5 Å². The maximum absolute atomic E-state index is 12.5. The molecule has 0 atom stereocenters. The smallest absolute Gasteiger partial charge is 0.291 e. The number of amides is 2. The Bertz CT molecular complexity index is 1000. The highest BCUT2D eigenvalue weighted by Gasteiger charge is 2.16. The number of aryl methyl sites for hydroxylation is 1. The molecule has 3 N–H and O–H groups in total. The Morgan fingerprint density at radius 3 is 2.93 bits per heavy atom. The molecule has 3 heterocycles. The molecule has 0 spiro atoms. The SMILES string of the molecule is CCn1c(CCNC(=O)c2sc(NC(=O)c3ccco3)cc2C)n[nH]c1=S. The Morgan fingerprint density at radius 1 is 1.41 bits per heavy atom. The molecule has 27 heavy (non-hydrogen) atoms. The highest BCUT2D eigenvalue weighted by molar-refractivity contribution is 7.71. The summed E-state index contributed by atoms with van der Waals surface area (Å²) in [5, 5.41) is 13.1. The zero-order valence-corrected chi connectivity index (χ0v) is 16.5. The van der Waals surface area contributed by atoms with Gasteiger partial charge in [0.15, 0.2) is 10.5 Å². The highest BCUT2D eigenvalue weighted by Crippen LogP contribution is 2.27. The fourth-order valence-corrected chi connectivity index (χ4v) is 3.85. The van der Waals surface area contributed by atoms with Gasteiger partial charge >= 0.3 is 0 Å². The lowest BCUT2D eigenvalue weighted by atomic mass is 10.2. The Balaban J connectivity index is 1.59. The summed E-state index contributed by atoms with van der Waals surface area (Å²) < 4.78 is 7.53. The van der Waals surface area contributed by atoms with Crippen LogP contribution >= 0.6 is 23.6 Å². The van der Waals surface area contributed by atoms with Gasteiger partial charge in [-0.3, -0.25) is 14.7 Å². The minimum Gasteiger partial charge on any atom is -0.459 e. The van der Waals surface area contributed by atoms with Crippen LogP contribution < -0.4 is 10.6 Å². The predicted molar refractivity (Wildman–Crippen MR) is 105 cm³/mol. The Kier molecular flexibility index (Phi) is 5.87. The van der Waals surface area contributed by atoms with Crippen LogP contribution in [0.5, 0.6) is 0 Å². The van der Waals surface area contributed by atoms with E-state index < -0.39 is 0 Å². The van der Waals surface area contributed by atoms with E-state index >= 15 is 0 Å². The van der Waals surface area contributed by atoms with Crippen molar-refractivity contribution in [3.05, 3.63) is 51.3 Å². The second-order valence-electron chi connectivity index (χ2n) is 5.75. The molecule has 0 fully saturated rings. The van der Waals surface area contributed by atoms with E-state index in [2.05, 4.69) is 20.8 Å². The topological polar surface area (TPSA) is 105 Å². The van der Waals surface area contributed by atoms with Crippen molar-refractivity contribution in [2.75, 3.05) is 11.9 Å². The molecule has 0 radical (unpaired) electrons. The van der Waals surface area contributed by atoms with Crippen LogP contribution in [0.3, 0.4) is 0 Å². The molecule has 8 nitrogen and oxygen atoms in total. The number of hydrogen-bond acceptors (Lipinski definition) is 6. The van der Waals surface area contributed by atoms with Gasteiger partial charge < -0.3 is 19.6 Å². The number of thiophene rings is 1. The van der Waals surface area contributed by atoms with Crippen molar-refractivity contribution in [3.8, 4) is 0 Å². The van der Waals surface area contributed by atoms with Crippen molar-refractivity contribution >= 4 is 40.4 Å². The first-order valence-corrected chi connectivity index (χ1v) is 9.59. The minimum atomic E-state index is -0.351. The number of aromatic amines is 1. The van der Waals surface area contributed by atoms with Gasteiger partial charge in [-0.15, -0.1) is 11.3 Å². The minimum absolute atomic E-state index is 0.187. The average molecular weight is 406 g/mol. The first-order chi connectivity index (χ1) is 13.0. The van der Waals surface area contributed by atoms with Crippen LogP contribution in [-0.2, 0) is 13.0 Å². The number of furan rings is 1. The lowest BCUT2D eigenvalue weighted by Gasteiger charge is -2.05. The van der Waals surface area contributed by atoms with E-state index in [9.17, 15) is 9.59 Å². The molecule has 0 saturated heterocycles.